The highest BCUT2D eigenvalue weighted by Crippen LogP contribution is 2.37. The minimum atomic E-state index is -0.240. The van der Waals surface area contributed by atoms with E-state index in [1.54, 1.807) is 23.6 Å². The predicted octanol–water partition coefficient (Wildman–Crippen LogP) is 4.56. The van der Waals surface area contributed by atoms with Crippen molar-refractivity contribution < 1.29 is 9.94 Å². The quantitative estimate of drug-likeness (QED) is 0.490. The fourth-order valence-corrected chi connectivity index (χ4v) is 3.87. The minimum absolute atomic E-state index is 0.224. The van der Waals surface area contributed by atoms with Crippen LogP contribution in [0.3, 0.4) is 0 Å². The van der Waals surface area contributed by atoms with E-state index in [1.807, 2.05) is 78.5 Å². The summed E-state index contributed by atoms with van der Waals surface area (Å²) in [7, 11) is 0. The van der Waals surface area contributed by atoms with E-state index in [0.717, 1.165) is 33.8 Å². The van der Waals surface area contributed by atoms with E-state index in [-0.39, 0.29) is 11.8 Å². The Bertz CT molecular complexity index is 1240. The lowest BCUT2D eigenvalue weighted by Crippen LogP contribution is -2.20. The van der Waals surface area contributed by atoms with Gasteiger partial charge in [-0.3, -0.25) is 9.82 Å². The van der Waals surface area contributed by atoms with E-state index in [2.05, 4.69) is 10.1 Å². The van der Waals surface area contributed by atoms with Gasteiger partial charge in [-0.1, -0.05) is 42.5 Å². The maximum atomic E-state index is 10.4. The van der Waals surface area contributed by atoms with Gasteiger partial charge >= 0.3 is 0 Å². The van der Waals surface area contributed by atoms with E-state index < -0.39 is 0 Å². The van der Waals surface area contributed by atoms with Gasteiger partial charge in [-0.05, 0) is 31.2 Å². The third-order valence-corrected chi connectivity index (χ3v) is 5.63. The van der Waals surface area contributed by atoms with Crippen LogP contribution in [-0.2, 0) is 11.4 Å². The molecule has 0 saturated heterocycles. The Morgan fingerprint density at radius 3 is 2.59 bits per heavy atom. The Hall–Kier alpha value is -3.97. The van der Waals surface area contributed by atoms with Crippen molar-refractivity contribution in [2.75, 3.05) is 0 Å². The molecular weight excluding hydrogens is 402 g/mol. The van der Waals surface area contributed by atoms with E-state index in [4.69, 9.17) is 9.94 Å². The molecule has 0 amide bonds. The van der Waals surface area contributed by atoms with Gasteiger partial charge < -0.3 is 5.11 Å². The van der Waals surface area contributed by atoms with E-state index in [9.17, 15) is 5.11 Å². The van der Waals surface area contributed by atoms with Crippen molar-refractivity contribution in [2.24, 2.45) is 5.10 Å². The number of nitrogens with zero attached hydrogens (tertiary/aromatic N) is 5. The van der Waals surface area contributed by atoms with Crippen LogP contribution in [0.2, 0.25) is 0 Å². The van der Waals surface area contributed by atoms with Gasteiger partial charge in [0.1, 0.15) is 18.4 Å². The normalized spacial score (nSPS) is 15.7. The lowest BCUT2D eigenvalue weighted by atomic mass is 9.99. The molecule has 4 aromatic rings. The molecule has 1 unspecified atom stereocenters. The van der Waals surface area contributed by atoms with Crippen molar-refractivity contribution >= 4 is 5.71 Å². The van der Waals surface area contributed by atoms with Gasteiger partial charge in [0, 0.05) is 41.2 Å². The van der Waals surface area contributed by atoms with Gasteiger partial charge in [0.2, 0.25) is 0 Å². The molecule has 32 heavy (non-hydrogen) atoms. The predicted molar refractivity (Wildman–Crippen MR) is 121 cm³/mol. The van der Waals surface area contributed by atoms with Crippen LogP contribution in [0.5, 0.6) is 5.75 Å². The maximum absolute atomic E-state index is 10.4. The number of hydrazone groups is 1. The smallest absolute Gasteiger partial charge is 0.121 e. The number of aromatic hydroxyl groups is 1. The molecule has 0 radical (unpaired) electrons. The number of benzene rings is 2. The number of phenolic OH excluding ortho intramolecular Hbond substituents is 1. The number of aromatic nitrogens is 3. The summed E-state index contributed by atoms with van der Waals surface area (Å²) >= 11 is 0. The first-order valence-electron chi connectivity index (χ1n) is 10.5. The Kier molecular flexibility index (Phi) is 5.39. The zero-order valence-electron chi connectivity index (χ0n) is 17.7. The third kappa shape index (κ3) is 3.86. The van der Waals surface area contributed by atoms with Crippen LogP contribution >= 0.6 is 0 Å². The molecule has 2 aromatic heterocycles. The standard InChI is InChI=1S/C25H23N5O2/c1-18-20(16-27-29(18)21-9-3-2-4-10-21)17-32-30-24(22-11-5-6-12-25(22)31)14-23(28-30)19-8-7-13-26-15-19/h2-13,15-16,24,31H,14,17H2,1H3. The molecule has 0 fully saturated rings. The van der Waals surface area contributed by atoms with Gasteiger partial charge in [-0.25, -0.2) is 4.68 Å². The SMILES string of the molecule is Cc1c(CON2N=C(c3cccnc3)CC2c2ccccc2O)cnn1-c1ccccc1. The molecule has 0 saturated carbocycles. The molecule has 5 rings (SSSR count). The van der Waals surface area contributed by atoms with Gasteiger partial charge in [0.15, 0.2) is 0 Å². The van der Waals surface area contributed by atoms with Crippen molar-refractivity contribution in [2.45, 2.75) is 26.0 Å². The van der Waals surface area contributed by atoms with Gasteiger partial charge in [-0.15, -0.1) is 0 Å². The fraction of sp³-hybridized carbons (Fsp3) is 0.160. The summed E-state index contributed by atoms with van der Waals surface area (Å²) in [5.41, 5.74) is 5.55. The monoisotopic (exact) mass is 425 g/mol. The number of para-hydroxylation sites is 2. The van der Waals surface area contributed by atoms with Crippen molar-refractivity contribution in [1.29, 1.82) is 0 Å². The largest absolute Gasteiger partial charge is 0.508 e. The summed E-state index contributed by atoms with van der Waals surface area (Å²) in [6, 6.07) is 20.9. The summed E-state index contributed by atoms with van der Waals surface area (Å²) < 4.78 is 1.90. The summed E-state index contributed by atoms with van der Waals surface area (Å²) in [6.45, 7) is 2.33. The average molecular weight is 425 g/mol. The molecule has 1 N–H and O–H groups in total. The van der Waals surface area contributed by atoms with Crippen LogP contribution in [0.4, 0.5) is 0 Å². The topological polar surface area (TPSA) is 75.8 Å². The molecule has 1 aliphatic heterocycles. The summed E-state index contributed by atoms with van der Waals surface area (Å²) in [6.07, 6.45) is 5.95. The minimum Gasteiger partial charge on any atom is -0.508 e. The fourth-order valence-electron chi connectivity index (χ4n) is 3.87. The molecule has 7 heteroatoms. The van der Waals surface area contributed by atoms with Crippen LogP contribution in [0.25, 0.3) is 5.69 Å². The third-order valence-electron chi connectivity index (χ3n) is 5.63. The Morgan fingerprint density at radius 2 is 1.81 bits per heavy atom. The van der Waals surface area contributed by atoms with Crippen LogP contribution in [0, 0.1) is 6.92 Å². The number of hydrogen-bond acceptors (Lipinski definition) is 6. The van der Waals surface area contributed by atoms with E-state index in [1.165, 1.54) is 0 Å². The summed E-state index contributed by atoms with van der Waals surface area (Å²) in [5, 5.41) is 21.3. The molecule has 0 aliphatic carbocycles. The van der Waals surface area contributed by atoms with E-state index in [0.29, 0.717) is 13.0 Å². The number of pyridine rings is 1. The lowest BCUT2D eigenvalue weighted by molar-refractivity contribution is -0.190. The Labute approximate surface area is 186 Å². The summed E-state index contributed by atoms with van der Waals surface area (Å²) in [4.78, 5) is 10.4. The second kappa shape index (κ2) is 8.64. The number of phenols is 1. The molecular formula is C25H23N5O2. The van der Waals surface area contributed by atoms with E-state index >= 15 is 0 Å². The molecule has 1 atom stereocenters. The maximum Gasteiger partial charge on any atom is 0.121 e. The van der Waals surface area contributed by atoms with Crippen LogP contribution in [0.1, 0.15) is 34.8 Å². The summed E-state index contributed by atoms with van der Waals surface area (Å²) in [5.74, 6) is 0.224. The first-order valence-corrected chi connectivity index (χ1v) is 10.5. The molecule has 0 bridgehead atoms. The Morgan fingerprint density at radius 1 is 1.00 bits per heavy atom. The molecule has 1 aliphatic rings. The van der Waals surface area contributed by atoms with Crippen molar-refractivity contribution in [1.82, 2.24) is 19.9 Å². The zero-order valence-corrected chi connectivity index (χ0v) is 17.7. The van der Waals surface area contributed by atoms with Crippen LogP contribution in [0.15, 0.2) is 90.4 Å². The number of hydroxylamine groups is 1. The van der Waals surface area contributed by atoms with Crippen molar-refractivity contribution in [3.63, 3.8) is 0 Å². The number of hydrogen-bond donors (Lipinski definition) is 1. The van der Waals surface area contributed by atoms with Crippen LogP contribution < -0.4 is 0 Å². The zero-order chi connectivity index (χ0) is 21.9. The van der Waals surface area contributed by atoms with Gasteiger partial charge in [0.05, 0.1) is 17.6 Å². The number of rotatable bonds is 6. The lowest BCUT2D eigenvalue weighted by Gasteiger charge is -2.23. The molecule has 3 heterocycles. The molecule has 7 nitrogen and oxygen atoms in total. The first-order chi connectivity index (χ1) is 15.7. The second-order valence-corrected chi connectivity index (χ2v) is 7.65. The van der Waals surface area contributed by atoms with Gasteiger partial charge in [0.25, 0.3) is 0 Å². The first kappa shape index (κ1) is 20.0. The highest BCUT2D eigenvalue weighted by Gasteiger charge is 2.32. The Balaban J connectivity index is 1.40. The van der Waals surface area contributed by atoms with Gasteiger partial charge in [-0.2, -0.15) is 15.4 Å². The molecule has 2 aromatic carbocycles. The second-order valence-electron chi connectivity index (χ2n) is 7.65. The van der Waals surface area contributed by atoms with Crippen LogP contribution in [-0.4, -0.2) is 30.8 Å². The van der Waals surface area contributed by atoms with Crippen molar-refractivity contribution in [3.8, 4) is 11.4 Å². The molecule has 0 spiro atoms. The van der Waals surface area contributed by atoms with Crippen molar-refractivity contribution in [3.05, 3.63) is 108 Å². The highest BCUT2D eigenvalue weighted by molar-refractivity contribution is 6.01. The average Bonchev–Trinajstić information content (AvgIpc) is 3.43. The highest BCUT2D eigenvalue weighted by atomic mass is 16.7. The molecule has 160 valence electrons.